The molecule has 0 unspecified atom stereocenters. The summed E-state index contributed by atoms with van der Waals surface area (Å²) in [6, 6.07) is 14.2. The first-order valence-corrected chi connectivity index (χ1v) is 8.08. The quantitative estimate of drug-likeness (QED) is 0.758. The molecule has 132 valence electrons. The molecule has 2 aromatic carbocycles. The lowest BCUT2D eigenvalue weighted by Crippen LogP contribution is -2.41. The molecule has 0 aromatic heterocycles. The summed E-state index contributed by atoms with van der Waals surface area (Å²) in [5.41, 5.74) is 6.20. The fraction of sp³-hybridized carbons (Fsp3) is 0.263. The molecule has 2 rings (SSSR count). The normalized spacial score (nSPS) is 10.0. The molecule has 0 atom stereocenters. The second-order valence-corrected chi connectivity index (χ2v) is 5.27. The maximum atomic E-state index is 12.0. The highest BCUT2D eigenvalue weighted by Crippen LogP contribution is 2.18. The summed E-state index contributed by atoms with van der Waals surface area (Å²) in [5, 5.41) is 0. The van der Waals surface area contributed by atoms with Gasteiger partial charge < -0.3 is 9.47 Å². The summed E-state index contributed by atoms with van der Waals surface area (Å²) in [4.78, 5) is 23.9. The number of methoxy groups -OCH3 is 1. The summed E-state index contributed by atoms with van der Waals surface area (Å²) in [6.45, 7) is 2.45. The molecule has 0 fully saturated rings. The number of rotatable bonds is 7. The molecule has 2 aromatic rings. The molecule has 6 nitrogen and oxygen atoms in total. The van der Waals surface area contributed by atoms with Crippen molar-refractivity contribution in [1.29, 1.82) is 0 Å². The Kier molecular flexibility index (Phi) is 6.83. The number of hydrogen-bond acceptors (Lipinski definition) is 4. The number of para-hydroxylation sites is 1. The maximum absolute atomic E-state index is 12.0. The fourth-order valence-electron chi connectivity index (χ4n) is 2.29. The van der Waals surface area contributed by atoms with Gasteiger partial charge in [-0.25, -0.2) is 0 Å². The number of ether oxygens (including phenoxy) is 2. The SMILES string of the molecule is CCOc1ccc(C(=O)NNC(=O)CCc2ccccc2OC)cc1. The van der Waals surface area contributed by atoms with E-state index < -0.39 is 0 Å². The van der Waals surface area contributed by atoms with Gasteiger partial charge in [0.05, 0.1) is 13.7 Å². The average molecular weight is 342 g/mol. The number of carbonyl (C=O) groups is 2. The lowest BCUT2D eigenvalue weighted by atomic mass is 10.1. The van der Waals surface area contributed by atoms with Gasteiger partial charge in [-0.05, 0) is 49.2 Å². The highest BCUT2D eigenvalue weighted by molar-refractivity contribution is 5.95. The summed E-state index contributed by atoms with van der Waals surface area (Å²) in [6.07, 6.45) is 0.763. The largest absolute Gasteiger partial charge is 0.496 e. The van der Waals surface area contributed by atoms with Crippen molar-refractivity contribution < 1.29 is 19.1 Å². The number of carbonyl (C=O) groups excluding carboxylic acids is 2. The van der Waals surface area contributed by atoms with Crippen LogP contribution in [0.25, 0.3) is 0 Å². The molecule has 0 heterocycles. The Labute approximate surface area is 147 Å². The molecule has 0 saturated heterocycles. The molecular formula is C19H22N2O4. The third kappa shape index (κ3) is 5.53. The van der Waals surface area contributed by atoms with E-state index in [0.717, 1.165) is 11.3 Å². The van der Waals surface area contributed by atoms with Gasteiger partial charge in [0.25, 0.3) is 5.91 Å². The van der Waals surface area contributed by atoms with Crippen LogP contribution in [-0.4, -0.2) is 25.5 Å². The molecular weight excluding hydrogens is 320 g/mol. The molecule has 0 saturated carbocycles. The molecule has 0 aliphatic heterocycles. The van der Waals surface area contributed by atoms with Crippen molar-refractivity contribution >= 4 is 11.8 Å². The number of nitrogens with one attached hydrogen (secondary N) is 2. The summed E-state index contributed by atoms with van der Waals surface area (Å²) < 4.78 is 10.6. The van der Waals surface area contributed by atoms with Gasteiger partial charge in [0.2, 0.25) is 5.91 Å². The molecule has 6 heteroatoms. The summed E-state index contributed by atoms with van der Waals surface area (Å²) in [7, 11) is 1.59. The van der Waals surface area contributed by atoms with Crippen LogP contribution >= 0.6 is 0 Å². The van der Waals surface area contributed by atoms with Crippen LogP contribution in [0, 0.1) is 0 Å². The van der Waals surface area contributed by atoms with Gasteiger partial charge in [-0.15, -0.1) is 0 Å². The highest BCUT2D eigenvalue weighted by Gasteiger charge is 2.09. The Morgan fingerprint density at radius 1 is 1.00 bits per heavy atom. The lowest BCUT2D eigenvalue weighted by Gasteiger charge is -2.10. The van der Waals surface area contributed by atoms with E-state index in [1.165, 1.54) is 0 Å². The van der Waals surface area contributed by atoms with E-state index >= 15 is 0 Å². The van der Waals surface area contributed by atoms with Crippen LogP contribution in [0.3, 0.4) is 0 Å². The molecule has 0 bridgehead atoms. The zero-order valence-electron chi connectivity index (χ0n) is 14.4. The van der Waals surface area contributed by atoms with E-state index in [-0.39, 0.29) is 18.2 Å². The van der Waals surface area contributed by atoms with Gasteiger partial charge in [-0.2, -0.15) is 0 Å². The Morgan fingerprint density at radius 3 is 2.40 bits per heavy atom. The first kappa shape index (κ1) is 18.3. The van der Waals surface area contributed by atoms with Crippen molar-refractivity contribution in [2.24, 2.45) is 0 Å². The van der Waals surface area contributed by atoms with Gasteiger partial charge in [0, 0.05) is 12.0 Å². The summed E-state index contributed by atoms with van der Waals surface area (Å²) >= 11 is 0. The van der Waals surface area contributed by atoms with Crippen molar-refractivity contribution in [2.75, 3.05) is 13.7 Å². The Hall–Kier alpha value is -3.02. The molecule has 0 spiro atoms. The van der Waals surface area contributed by atoms with Crippen LogP contribution in [0.1, 0.15) is 29.3 Å². The van der Waals surface area contributed by atoms with Crippen LogP contribution in [0.15, 0.2) is 48.5 Å². The first-order valence-electron chi connectivity index (χ1n) is 8.08. The third-order valence-corrected chi connectivity index (χ3v) is 3.56. The minimum Gasteiger partial charge on any atom is -0.496 e. The Balaban J connectivity index is 1.80. The molecule has 25 heavy (non-hydrogen) atoms. The van der Waals surface area contributed by atoms with Crippen molar-refractivity contribution in [3.63, 3.8) is 0 Å². The van der Waals surface area contributed by atoms with E-state index in [9.17, 15) is 9.59 Å². The molecule has 2 N–H and O–H groups in total. The van der Waals surface area contributed by atoms with Crippen LogP contribution in [0.5, 0.6) is 11.5 Å². The van der Waals surface area contributed by atoms with Crippen LogP contribution in [-0.2, 0) is 11.2 Å². The van der Waals surface area contributed by atoms with Crippen molar-refractivity contribution in [2.45, 2.75) is 19.8 Å². The number of amides is 2. The molecule has 0 aliphatic carbocycles. The van der Waals surface area contributed by atoms with E-state index in [0.29, 0.717) is 24.3 Å². The van der Waals surface area contributed by atoms with Gasteiger partial charge in [-0.3, -0.25) is 20.4 Å². The average Bonchev–Trinajstić information content (AvgIpc) is 2.65. The number of hydrogen-bond donors (Lipinski definition) is 2. The van der Waals surface area contributed by atoms with Gasteiger partial charge in [-0.1, -0.05) is 18.2 Å². The zero-order chi connectivity index (χ0) is 18.1. The second kappa shape index (κ2) is 9.32. The minimum atomic E-state index is -0.381. The highest BCUT2D eigenvalue weighted by atomic mass is 16.5. The maximum Gasteiger partial charge on any atom is 0.269 e. The van der Waals surface area contributed by atoms with Crippen molar-refractivity contribution in [3.05, 3.63) is 59.7 Å². The van der Waals surface area contributed by atoms with Crippen LogP contribution in [0.4, 0.5) is 0 Å². The monoisotopic (exact) mass is 342 g/mol. The minimum absolute atomic E-state index is 0.240. The topological polar surface area (TPSA) is 76.7 Å². The zero-order valence-corrected chi connectivity index (χ0v) is 14.4. The predicted octanol–water partition coefficient (Wildman–Crippen LogP) is 2.49. The van der Waals surface area contributed by atoms with E-state index in [4.69, 9.17) is 9.47 Å². The fourth-order valence-corrected chi connectivity index (χ4v) is 2.29. The van der Waals surface area contributed by atoms with Gasteiger partial charge in [0.1, 0.15) is 11.5 Å². The molecule has 0 radical (unpaired) electrons. The Bertz CT molecular complexity index is 714. The number of benzene rings is 2. The van der Waals surface area contributed by atoms with E-state index in [1.54, 1.807) is 31.4 Å². The Morgan fingerprint density at radius 2 is 1.72 bits per heavy atom. The number of aryl methyl sites for hydroxylation is 1. The van der Waals surface area contributed by atoms with Gasteiger partial charge in [0.15, 0.2) is 0 Å². The van der Waals surface area contributed by atoms with E-state index in [1.807, 2.05) is 31.2 Å². The first-order chi connectivity index (χ1) is 12.1. The number of hydrazine groups is 1. The third-order valence-electron chi connectivity index (χ3n) is 3.56. The standard InChI is InChI=1S/C19H22N2O4/c1-3-25-16-11-8-15(9-12-16)19(23)21-20-18(22)13-10-14-6-4-5-7-17(14)24-2/h4-9,11-12H,3,10,13H2,1-2H3,(H,20,22)(H,21,23). The lowest BCUT2D eigenvalue weighted by molar-refractivity contribution is -0.121. The smallest absolute Gasteiger partial charge is 0.269 e. The molecule has 0 aliphatic rings. The van der Waals surface area contributed by atoms with Gasteiger partial charge >= 0.3 is 0 Å². The van der Waals surface area contributed by atoms with Crippen LogP contribution in [0.2, 0.25) is 0 Å². The van der Waals surface area contributed by atoms with Crippen molar-refractivity contribution in [1.82, 2.24) is 10.9 Å². The van der Waals surface area contributed by atoms with Crippen LogP contribution < -0.4 is 20.3 Å². The summed E-state index contributed by atoms with van der Waals surface area (Å²) in [5.74, 6) is 0.785. The predicted molar refractivity (Wildman–Crippen MR) is 94.5 cm³/mol. The van der Waals surface area contributed by atoms with E-state index in [2.05, 4.69) is 10.9 Å². The van der Waals surface area contributed by atoms with Crippen molar-refractivity contribution in [3.8, 4) is 11.5 Å². The second-order valence-electron chi connectivity index (χ2n) is 5.27. The molecule has 2 amide bonds.